The summed E-state index contributed by atoms with van der Waals surface area (Å²) in [4.78, 5) is 16.0. The van der Waals surface area contributed by atoms with E-state index in [-0.39, 0.29) is 5.91 Å². The number of hydrogen-bond donors (Lipinski definition) is 1. The molecule has 3 heteroatoms. The van der Waals surface area contributed by atoms with E-state index in [1.165, 1.54) is 12.8 Å². The third-order valence-electron chi connectivity index (χ3n) is 3.95. The van der Waals surface area contributed by atoms with E-state index in [1.807, 2.05) is 0 Å². The maximum atomic E-state index is 12.0. The number of hydrogen-bond acceptors (Lipinski definition) is 2. The summed E-state index contributed by atoms with van der Waals surface area (Å²) in [6, 6.07) is 3.91. The minimum absolute atomic E-state index is 0.00375. The lowest BCUT2D eigenvalue weighted by molar-refractivity contribution is 0.0890. The van der Waals surface area contributed by atoms with Gasteiger partial charge in [0.25, 0.3) is 5.91 Å². The number of aromatic nitrogens is 1. The van der Waals surface area contributed by atoms with Crippen LogP contribution in [0.2, 0.25) is 0 Å². The quantitative estimate of drug-likeness (QED) is 0.851. The molecule has 3 atom stereocenters. The Labute approximate surface area is 103 Å². The van der Waals surface area contributed by atoms with Crippen molar-refractivity contribution in [3.8, 4) is 0 Å². The Hall–Kier alpha value is -1.38. The van der Waals surface area contributed by atoms with Crippen molar-refractivity contribution < 1.29 is 4.79 Å². The molecule has 1 aliphatic rings. The Bertz CT molecular complexity index is 377. The first-order valence-electron chi connectivity index (χ1n) is 6.39. The molecule has 17 heavy (non-hydrogen) atoms. The highest BCUT2D eigenvalue weighted by Gasteiger charge is 2.28. The van der Waals surface area contributed by atoms with Crippen LogP contribution in [0.15, 0.2) is 24.5 Å². The van der Waals surface area contributed by atoms with Gasteiger partial charge < -0.3 is 5.32 Å². The summed E-state index contributed by atoms with van der Waals surface area (Å²) in [7, 11) is 0. The average molecular weight is 232 g/mol. The molecule has 0 bridgehead atoms. The van der Waals surface area contributed by atoms with E-state index in [2.05, 4.69) is 24.1 Å². The van der Waals surface area contributed by atoms with Crippen molar-refractivity contribution in [2.45, 2.75) is 39.2 Å². The molecule has 0 aliphatic heterocycles. The highest BCUT2D eigenvalue weighted by atomic mass is 16.1. The van der Waals surface area contributed by atoms with Gasteiger partial charge in [0.2, 0.25) is 0 Å². The molecule has 0 radical (unpaired) electrons. The third-order valence-corrected chi connectivity index (χ3v) is 3.95. The number of pyridine rings is 1. The van der Waals surface area contributed by atoms with Gasteiger partial charge in [-0.2, -0.15) is 0 Å². The van der Waals surface area contributed by atoms with Crippen LogP contribution in [-0.2, 0) is 0 Å². The zero-order chi connectivity index (χ0) is 12.3. The smallest absolute Gasteiger partial charge is 0.253 e. The second-order valence-corrected chi connectivity index (χ2v) is 5.09. The Kier molecular flexibility index (Phi) is 3.77. The molecule has 92 valence electrons. The molecular formula is C14H20N2O. The lowest BCUT2D eigenvalue weighted by Crippen LogP contribution is -2.43. The van der Waals surface area contributed by atoms with Crippen molar-refractivity contribution in [2.75, 3.05) is 0 Å². The zero-order valence-corrected chi connectivity index (χ0v) is 10.5. The number of carbonyl (C=O) groups excluding carboxylic acids is 1. The Morgan fingerprint density at radius 3 is 2.94 bits per heavy atom. The van der Waals surface area contributed by atoms with Crippen LogP contribution in [0.3, 0.4) is 0 Å². The van der Waals surface area contributed by atoms with Gasteiger partial charge in [0.05, 0.1) is 5.56 Å². The molecule has 1 fully saturated rings. The van der Waals surface area contributed by atoms with Crippen molar-refractivity contribution in [1.82, 2.24) is 10.3 Å². The molecule has 1 heterocycles. The predicted octanol–water partition coefficient (Wildman–Crippen LogP) is 2.64. The molecule has 0 spiro atoms. The molecule has 0 saturated heterocycles. The lowest BCUT2D eigenvalue weighted by Gasteiger charge is -2.34. The Morgan fingerprint density at radius 1 is 1.41 bits per heavy atom. The maximum Gasteiger partial charge on any atom is 0.253 e. The Morgan fingerprint density at radius 2 is 2.24 bits per heavy atom. The predicted molar refractivity (Wildman–Crippen MR) is 67.7 cm³/mol. The van der Waals surface area contributed by atoms with E-state index in [1.54, 1.807) is 24.5 Å². The van der Waals surface area contributed by atoms with Crippen molar-refractivity contribution in [3.63, 3.8) is 0 Å². The van der Waals surface area contributed by atoms with Gasteiger partial charge >= 0.3 is 0 Å². The Balaban J connectivity index is 1.99. The van der Waals surface area contributed by atoms with E-state index in [0.29, 0.717) is 23.4 Å². The fourth-order valence-corrected chi connectivity index (χ4v) is 2.53. The molecule has 1 amide bonds. The molecule has 1 aromatic heterocycles. The van der Waals surface area contributed by atoms with Crippen LogP contribution in [0.5, 0.6) is 0 Å². The standard InChI is InChI=1S/C14H20N2O/c1-10-5-3-7-13(11(10)2)16-14(17)12-6-4-8-15-9-12/h4,6,8-11,13H,3,5,7H2,1-2H3,(H,16,17)/t10-,11-,13+/m1/s1. The van der Waals surface area contributed by atoms with Gasteiger partial charge in [0.1, 0.15) is 0 Å². The van der Waals surface area contributed by atoms with Crippen LogP contribution in [0.4, 0.5) is 0 Å². The van der Waals surface area contributed by atoms with E-state index in [4.69, 9.17) is 0 Å². The van der Waals surface area contributed by atoms with Crippen LogP contribution < -0.4 is 5.32 Å². The SMILES string of the molecule is C[C@@H]1[C@H](C)CCC[C@@H]1NC(=O)c1cccnc1. The molecule has 1 aromatic rings. The summed E-state index contributed by atoms with van der Waals surface area (Å²) in [6.45, 7) is 4.51. The van der Waals surface area contributed by atoms with E-state index in [9.17, 15) is 4.79 Å². The van der Waals surface area contributed by atoms with Gasteiger partial charge in [-0.25, -0.2) is 0 Å². The zero-order valence-electron chi connectivity index (χ0n) is 10.5. The fraction of sp³-hybridized carbons (Fsp3) is 0.571. The van der Waals surface area contributed by atoms with E-state index in [0.717, 1.165) is 6.42 Å². The van der Waals surface area contributed by atoms with Crippen molar-refractivity contribution in [1.29, 1.82) is 0 Å². The van der Waals surface area contributed by atoms with Gasteiger partial charge in [0, 0.05) is 18.4 Å². The molecule has 3 nitrogen and oxygen atoms in total. The number of carbonyl (C=O) groups is 1. The van der Waals surface area contributed by atoms with Crippen LogP contribution in [0.25, 0.3) is 0 Å². The summed E-state index contributed by atoms with van der Waals surface area (Å²) < 4.78 is 0. The van der Waals surface area contributed by atoms with Gasteiger partial charge in [-0.1, -0.05) is 26.7 Å². The molecule has 1 N–H and O–H groups in total. The first-order valence-corrected chi connectivity index (χ1v) is 6.39. The van der Waals surface area contributed by atoms with Crippen molar-refractivity contribution in [3.05, 3.63) is 30.1 Å². The number of nitrogens with one attached hydrogen (secondary N) is 1. The summed E-state index contributed by atoms with van der Waals surface area (Å²) in [5.74, 6) is 1.26. The summed E-state index contributed by atoms with van der Waals surface area (Å²) >= 11 is 0. The van der Waals surface area contributed by atoms with Crippen LogP contribution in [-0.4, -0.2) is 16.9 Å². The molecule has 0 aromatic carbocycles. The minimum atomic E-state index is 0.00375. The van der Waals surface area contributed by atoms with Crippen LogP contribution in [0, 0.1) is 11.8 Å². The molecule has 2 rings (SSSR count). The minimum Gasteiger partial charge on any atom is -0.349 e. The number of nitrogens with zero attached hydrogens (tertiary/aromatic N) is 1. The first kappa shape index (κ1) is 12.1. The second-order valence-electron chi connectivity index (χ2n) is 5.09. The largest absolute Gasteiger partial charge is 0.349 e. The van der Waals surface area contributed by atoms with Crippen LogP contribution in [0.1, 0.15) is 43.5 Å². The normalized spacial score (nSPS) is 28.7. The van der Waals surface area contributed by atoms with Gasteiger partial charge in [-0.15, -0.1) is 0 Å². The van der Waals surface area contributed by atoms with E-state index < -0.39 is 0 Å². The monoisotopic (exact) mass is 232 g/mol. The molecule has 1 aliphatic carbocycles. The molecule has 1 saturated carbocycles. The summed E-state index contributed by atoms with van der Waals surface area (Å²) in [5, 5.41) is 3.14. The highest BCUT2D eigenvalue weighted by Crippen LogP contribution is 2.29. The summed E-state index contributed by atoms with van der Waals surface area (Å²) in [6.07, 6.45) is 6.88. The maximum absolute atomic E-state index is 12.0. The highest BCUT2D eigenvalue weighted by molar-refractivity contribution is 5.94. The van der Waals surface area contributed by atoms with Crippen molar-refractivity contribution >= 4 is 5.91 Å². The fourth-order valence-electron chi connectivity index (χ4n) is 2.53. The third kappa shape index (κ3) is 2.84. The number of rotatable bonds is 2. The van der Waals surface area contributed by atoms with Crippen LogP contribution >= 0.6 is 0 Å². The molecule has 0 unspecified atom stereocenters. The van der Waals surface area contributed by atoms with Gasteiger partial charge in [0.15, 0.2) is 0 Å². The number of amides is 1. The lowest BCUT2D eigenvalue weighted by atomic mass is 9.78. The average Bonchev–Trinajstić information content (AvgIpc) is 2.36. The van der Waals surface area contributed by atoms with Gasteiger partial charge in [-0.3, -0.25) is 9.78 Å². The summed E-state index contributed by atoms with van der Waals surface area (Å²) in [5.41, 5.74) is 0.651. The van der Waals surface area contributed by atoms with E-state index >= 15 is 0 Å². The first-order chi connectivity index (χ1) is 8.18. The van der Waals surface area contributed by atoms with Gasteiger partial charge in [-0.05, 0) is 30.4 Å². The topological polar surface area (TPSA) is 42.0 Å². The second kappa shape index (κ2) is 5.30. The molecular weight excluding hydrogens is 212 g/mol. The van der Waals surface area contributed by atoms with Crippen molar-refractivity contribution in [2.24, 2.45) is 11.8 Å².